The summed E-state index contributed by atoms with van der Waals surface area (Å²) in [7, 11) is 0. The number of aryl methyl sites for hydroxylation is 1. The second-order valence-electron chi connectivity index (χ2n) is 3.11. The Bertz CT molecular complexity index is 529. The fraction of sp³-hybridized carbons (Fsp3) is 0.200. The van der Waals surface area contributed by atoms with Crippen molar-refractivity contribution in [2.45, 2.75) is 13.3 Å². The Morgan fingerprint density at radius 1 is 1.53 bits per heavy atom. The minimum absolute atomic E-state index is 0.0150. The summed E-state index contributed by atoms with van der Waals surface area (Å²) in [6.45, 7) is 1.86. The molecule has 78 valence electrons. The van der Waals surface area contributed by atoms with E-state index in [0.29, 0.717) is 23.4 Å². The summed E-state index contributed by atoms with van der Waals surface area (Å²) in [6, 6.07) is 2.51. The first kappa shape index (κ1) is 9.51. The number of aromatic carboxylic acids is 1. The van der Waals surface area contributed by atoms with Gasteiger partial charge in [-0.3, -0.25) is 0 Å². The lowest BCUT2D eigenvalue weighted by Gasteiger charge is -1.95. The minimum Gasteiger partial charge on any atom is -0.506 e. The van der Waals surface area contributed by atoms with Crippen LogP contribution in [0, 0.1) is 0 Å². The standard InChI is InChI=1S/C10H9NO4/c1-2-8-11-9-6(12)3-5(10(13)14)4-7(9)15-8/h3-4,12H,2H2,1H3,(H,13,14). The van der Waals surface area contributed by atoms with Gasteiger partial charge in [0, 0.05) is 6.42 Å². The molecule has 0 aliphatic rings. The van der Waals surface area contributed by atoms with Crippen molar-refractivity contribution >= 4 is 17.1 Å². The monoisotopic (exact) mass is 207 g/mol. The number of carboxylic acid groups (broad SMARTS) is 1. The van der Waals surface area contributed by atoms with E-state index >= 15 is 0 Å². The molecule has 15 heavy (non-hydrogen) atoms. The van der Waals surface area contributed by atoms with Crippen molar-refractivity contribution in [3.05, 3.63) is 23.6 Å². The third-order valence-electron chi connectivity index (χ3n) is 2.07. The molecule has 1 heterocycles. The first-order chi connectivity index (χ1) is 7.11. The van der Waals surface area contributed by atoms with E-state index in [9.17, 15) is 9.90 Å². The zero-order valence-electron chi connectivity index (χ0n) is 8.02. The lowest BCUT2D eigenvalue weighted by atomic mass is 10.2. The van der Waals surface area contributed by atoms with Gasteiger partial charge in [0.25, 0.3) is 0 Å². The summed E-state index contributed by atoms with van der Waals surface area (Å²) < 4.78 is 5.25. The molecule has 0 unspecified atom stereocenters. The van der Waals surface area contributed by atoms with Gasteiger partial charge < -0.3 is 14.6 Å². The quantitative estimate of drug-likeness (QED) is 0.784. The number of phenols is 1. The van der Waals surface area contributed by atoms with Crippen LogP contribution >= 0.6 is 0 Å². The summed E-state index contributed by atoms with van der Waals surface area (Å²) in [4.78, 5) is 14.7. The third-order valence-corrected chi connectivity index (χ3v) is 2.07. The van der Waals surface area contributed by atoms with Crippen LogP contribution in [-0.2, 0) is 6.42 Å². The topological polar surface area (TPSA) is 83.6 Å². The fourth-order valence-corrected chi connectivity index (χ4v) is 1.33. The van der Waals surface area contributed by atoms with Crippen molar-refractivity contribution in [2.24, 2.45) is 0 Å². The summed E-state index contributed by atoms with van der Waals surface area (Å²) in [5.74, 6) is -0.808. The van der Waals surface area contributed by atoms with E-state index < -0.39 is 5.97 Å². The average Bonchev–Trinajstić information content (AvgIpc) is 2.61. The Hall–Kier alpha value is -2.04. The normalized spacial score (nSPS) is 10.7. The number of hydrogen-bond acceptors (Lipinski definition) is 4. The van der Waals surface area contributed by atoms with Gasteiger partial charge >= 0.3 is 5.97 Å². The molecule has 0 amide bonds. The predicted octanol–water partition coefficient (Wildman–Crippen LogP) is 1.79. The van der Waals surface area contributed by atoms with E-state index in [-0.39, 0.29) is 11.3 Å². The van der Waals surface area contributed by atoms with Gasteiger partial charge in [0.1, 0.15) is 5.75 Å². The van der Waals surface area contributed by atoms with Gasteiger partial charge in [-0.05, 0) is 12.1 Å². The number of fused-ring (bicyclic) bond motifs is 1. The first-order valence-corrected chi connectivity index (χ1v) is 4.47. The number of hydrogen-bond donors (Lipinski definition) is 2. The van der Waals surface area contributed by atoms with Gasteiger partial charge in [-0.1, -0.05) is 6.92 Å². The number of oxazole rings is 1. The van der Waals surface area contributed by atoms with Crippen molar-refractivity contribution in [2.75, 3.05) is 0 Å². The maximum Gasteiger partial charge on any atom is 0.335 e. The second-order valence-corrected chi connectivity index (χ2v) is 3.11. The molecule has 0 atom stereocenters. The van der Waals surface area contributed by atoms with Gasteiger partial charge in [-0.15, -0.1) is 0 Å². The smallest absolute Gasteiger partial charge is 0.335 e. The zero-order chi connectivity index (χ0) is 11.0. The molecular weight excluding hydrogens is 198 g/mol. The number of carbonyl (C=O) groups is 1. The van der Waals surface area contributed by atoms with Gasteiger partial charge in [0.15, 0.2) is 17.0 Å². The molecule has 0 saturated heterocycles. The molecule has 5 heteroatoms. The van der Waals surface area contributed by atoms with E-state index in [1.807, 2.05) is 6.92 Å². The number of phenolic OH excluding ortho intramolecular Hbond substituents is 1. The Morgan fingerprint density at radius 3 is 2.87 bits per heavy atom. The van der Waals surface area contributed by atoms with Crippen molar-refractivity contribution in [1.82, 2.24) is 4.98 Å². The molecule has 0 radical (unpaired) electrons. The molecule has 0 aliphatic heterocycles. The number of carboxylic acids is 1. The Kier molecular flexibility index (Phi) is 2.07. The van der Waals surface area contributed by atoms with Gasteiger partial charge in [0.2, 0.25) is 0 Å². The molecule has 5 nitrogen and oxygen atoms in total. The molecule has 0 spiro atoms. The molecule has 1 aromatic carbocycles. The number of benzene rings is 1. The Morgan fingerprint density at radius 2 is 2.27 bits per heavy atom. The molecule has 0 aliphatic carbocycles. The highest BCUT2D eigenvalue weighted by Gasteiger charge is 2.13. The van der Waals surface area contributed by atoms with E-state index in [0.717, 1.165) is 6.07 Å². The van der Waals surface area contributed by atoms with Crippen molar-refractivity contribution < 1.29 is 19.4 Å². The van der Waals surface area contributed by atoms with Crippen LogP contribution in [-0.4, -0.2) is 21.2 Å². The molecule has 0 saturated carbocycles. The first-order valence-electron chi connectivity index (χ1n) is 4.47. The molecule has 1 aromatic heterocycles. The van der Waals surface area contributed by atoms with Crippen LogP contribution in [0.5, 0.6) is 5.75 Å². The number of aromatic hydroxyl groups is 1. The van der Waals surface area contributed by atoms with Crippen LogP contribution in [0.2, 0.25) is 0 Å². The fourth-order valence-electron chi connectivity index (χ4n) is 1.33. The largest absolute Gasteiger partial charge is 0.506 e. The molecule has 0 bridgehead atoms. The summed E-state index contributed by atoms with van der Waals surface area (Å²) in [5, 5.41) is 18.3. The molecule has 2 rings (SSSR count). The zero-order valence-corrected chi connectivity index (χ0v) is 8.02. The molecule has 2 N–H and O–H groups in total. The molecule has 2 aromatic rings. The number of nitrogens with zero attached hydrogens (tertiary/aromatic N) is 1. The van der Waals surface area contributed by atoms with Crippen LogP contribution < -0.4 is 0 Å². The van der Waals surface area contributed by atoms with Gasteiger partial charge in [-0.2, -0.15) is 0 Å². The van der Waals surface area contributed by atoms with Crippen LogP contribution in [0.25, 0.3) is 11.1 Å². The highest BCUT2D eigenvalue weighted by molar-refractivity contribution is 5.94. The summed E-state index contributed by atoms with van der Waals surface area (Å²) in [5.41, 5.74) is 0.583. The average molecular weight is 207 g/mol. The van der Waals surface area contributed by atoms with Gasteiger partial charge in [0.05, 0.1) is 5.56 Å². The van der Waals surface area contributed by atoms with Crippen molar-refractivity contribution in [1.29, 1.82) is 0 Å². The lowest BCUT2D eigenvalue weighted by Crippen LogP contribution is -1.95. The third kappa shape index (κ3) is 1.52. The van der Waals surface area contributed by atoms with Crippen LogP contribution in [0.1, 0.15) is 23.2 Å². The molecular formula is C10H9NO4. The minimum atomic E-state index is -1.11. The van der Waals surface area contributed by atoms with E-state index in [4.69, 9.17) is 9.52 Å². The van der Waals surface area contributed by atoms with Crippen molar-refractivity contribution in [3.8, 4) is 5.75 Å². The maximum atomic E-state index is 10.7. The van der Waals surface area contributed by atoms with Crippen molar-refractivity contribution in [3.63, 3.8) is 0 Å². The number of rotatable bonds is 2. The van der Waals surface area contributed by atoms with E-state index in [2.05, 4.69) is 4.98 Å². The van der Waals surface area contributed by atoms with Crippen LogP contribution in [0.4, 0.5) is 0 Å². The highest BCUT2D eigenvalue weighted by atomic mass is 16.4. The van der Waals surface area contributed by atoms with Gasteiger partial charge in [-0.25, -0.2) is 9.78 Å². The maximum absolute atomic E-state index is 10.7. The van der Waals surface area contributed by atoms with E-state index in [1.54, 1.807) is 0 Å². The summed E-state index contributed by atoms with van der Waals surface area (Å²) >= 11 is 0. The Balaban J connectivity index is 2.70. The predicted molar refractivity (Wildman–Crippen MR) is 52.0 cm³/mol. The lowest BCUT2D eigenvalue weighted by molar-refractivity contribution is 0.0696. The molecule has 0 fully saturated rings. The highest BCUT2D eigenvalue weighted by Crippen LogP contribution is 2.26. The van der Waals surface area contributed by atoms with E-state index in [1.165, 1.54) is 6.07 Å². The Labute approximate surface area is 85.0 Å². The summed E-state index contributed by atoms with van der Waals surface area (Å²) in [6.07, 6.45) is 0.594. The van der Waals surface area contributed by atoms with Crippen LogP contribution in [0.15, 0.2) is 16.5 Å². The SMILES string of the molecule is CCc1nc2c(O)cc(C(=O)O)cc2o1. The number of aromatic nitrogens is 1. The second kappa shape index (κ2) is 3.27. The van der Waals surface area contributed by atoms with Crippen LogP contribution in [0.3, 0.4) is 0 Å².